The zero-order valence-corrected chi connectivity index (χ0v) is 17.6. The molecule has 4 rings (SSSR count). The number of amides is 2. The van der Waals surface area contributed by atoms with Crippen LogP contribution in [0.2, 0.25) is 0 Å². The van der Waals surface area contributed by atoms with E-state index in [0.717, 1.165) is 5.69 Å². The van der Waals surface area contributed by atoms with Crippen LogP contribution >= 0.6 is 0 Å². The van der Waals surface area contributed by atoms with Crippen LogP contribution in [0.3, 0.4) is 0 Å². The monoisotopic (exact) mass is 433 g/mol. The molecule has 0 spiro atoms. The van der Waals surface area contributed by atoms with Gasteiger partial charge in [0, 0.05) is 41.9 Å². The number of nitrogens with zero attached hydrogens (tertiary/aromatic N) is 3. The molecule has 0 saturated carbocycles. The van der Waals surface area contributed by atoms with Crippen molar-refractivity contribution < 1.29 is 19.1 Å². The molecule has 0 bridgehead atoms. The third-order valence-electron chi connectivity index (χ3n) is 4.78. The third kappa shape index (κ3) is 5.12. The van der Waals surface area contributed by atoms with Gasteiger partial charge in [0.1, 0.15) is 19.8 Å². The quantitative estimate of drug-likeness (QED) is 0.590. The van der Waals surface area contributed by atoms with Gasteiger partial charge in [-0.25, -0.2) is 9.97 Å². The molecule has 3 aromatic rings. The van der Waals surface area contributed by atoms with Crippen molar-refractivity contribution in [3.63, 3.8) is 0 Å². The van der Waals surface area contributed by atoms with Gasteiger partial charge in [-0.2, -0.15) is 0 Å². The van der Waals surface area contributed by atoms with Crippen LogP contribution in [0.25, 0.3) is 0 Å². The fourth-order valence-electron chi connectivity index (χ4n) is 3.19. The van der Waals surface area contributed by atoms with Crippen LogP contribution in [0.1, 0.15) is 17.3 Å². The maximum atomic E-state index is 12.9. The Balaban J connectivity index is 1.36. The number of hydrogen-bond acceptors (Lipinski definition) is 7. The van der Waals surface area contributed by atoms with E-state index < -0.39 is 0 Å². The molecular formula is C23H23N5O4. The third-order valence-corrected chi connectivity index (χ3v) is 4.78. The van der Waals surface area contributed by atoms with E-state index in [1.807, 2.05) is 6.92 Å². The van der Waals surface area contributed by atoms with Crippen molar-refractivity contribution in [2.45, 2.75) is 6.92 Å². The van der Waals surface area contributed by atoms with Crippen molar-refractivity contribution in [2.24, 2.45) is 0 Å². The Morgan fingerprint density at radius 3 is 2.38 bits per heavy atom. The number of carbonyl (C=O) groups is 2. The highest BCUT2D eigenvalue weighted by molar-refractivity contribution is 5.99. The average Bonchev–Trinajstić information content (AvgIpc) is 2.83. The molecule has 2 amide bonds. The van der Waals surface area contributed by atoms with Crippen LogP contribution in [0, 0.1) is 0 Å². The molecule has 32 heavy (non-hydrogen) atoms. The normalized spacial score (nSPS) is 12.0. The van der Waals surface area contributed by atoms with Crippen LogP contribution in [-0.4, -0.2) is 53.0 Å². The number of hydrogen-bond donors (Lipinski definition) is 2. The lowest BCUT2D eigenvalue weighted by Gasteiger charge is -2.21. The molecule has 0 radical (unpaired) electrons. The lowest BCUT2D eigenvalue weighted by atomic mass is 10.1. The number of carbonyl (C=O) groups excluding carboxylic acids is 2. The van der Waals surface area contributed by atoms with E-state index in [1.165, 1.54) is 4.90 Å². The molecule has 2 N–H and O–H groups in total. The van der Waals surface area contributed by atoms with E-state index in [9.17, 15) is 9.59 Å². The summed E-state index contributed by atoms with van der Waals surface area (Å²) in [4.78, 5) is 35.1. The molecule has 164 valence electrons. The lowest BCUT2D eigenvalue weighted by molar-refractivity contribution is -0.116. The molecule has 0 unspecified atom stereocenters. The van der Waals surface area contributed by atoms with Crippen molar-refractivity contribution in [3.05, 3.63) is 66.5 Å². The Bertz CT molecular complexity index is 1090. The first-order chi connectivity index (χ1) is 15.6. The van der Waals surface area contributed by atoms with Gasteiger partial charge in [-0.1, -0.05) is 0 Å². The van der Waals surface area contributed by atoms with E-state index in [4.69, 9.17) is 9.47 Å². The zero-order valence-electron chi connectivity index (χ0n) is 17.6. The largest absolute Gasteiger partial charge is 0.486 e. The highest BCUT2D eigenvalue weighted by Gasteiger charge is 2.18. The van der Waals surface area contributed by atoms with E-state index >= 15 is 0 Å². The molecule has 0 saturated heterocycles. The molecule has 1 aliphatic rings. The molecule has 1 aliphatic heterocycles. The molecule has 0 fully saturated rings. The molecule has 9 heteroatoms. The number of nitrogens with one attached hydrogen (secondary N) is 2. The predicted molar refractivity (Wildman–Crippen MR) is 119 cm³/mol. The fraction of sp³-hybridized carbons (Fsp3) is 0.217. The first-order valence-electron chi connectivity index (χ1n) is 10.3. The Morgan fingerprint density at radius 2 is 1.66 bits per heavy atom. The van der Waals surface area contributed by atoms with Crippen molar-refractivity contribution in [2.75, 3.05) is 36.9 Å². The highest BCUT2D eigenvalue weighted by atomic mass is 16.6. The van der Waals surface area contributed by atoms with Gasteiger partial charge in [0.15, 0.2) is 11.5 Å². The van der Waals surface area contributed by atoms with Crippen LogP contribution in [0.15, 0.2) is 60.9 Å². The number of benzene rings is 2. The summed E-state index contributed by atoms with van der Waals surface area (Å²) in [6.45, 7) is 3.13. The van der Waals surface area contributed by atoms with Crippen molar-refractivity contribution in [3.8, 4) is 11.5 Å². The van der Waals surface area contributed by atoms with Crippen molar-refractivity contribution in [1.82, 2.24) is 14.9 Å². The summed E-state index contributed by atoms with van der Waals surface area (Å²) in [6, 6.07) is 13.9. The molecular weight excluding hydrogens is 410 g/mol. The fourth-order valence-corrected chi connectivity index (χ4v) is 3.19. The molecule has 2 heterocycles. The minimum Gasteiger partial charge on any atom is -0.486 e. The second-order valence-electron chi connectivity index (χ2n) is 7.00. The van der Waals surface area contributed by atoms with Crippen LogP contribution in [0.4, 0.5) is 17.3 Å². The number of aromatic nitrogens is 2. The minimum absolute atomic E-state index is 0.0678. The summed E-state index contributed by atoms with van der Waals surface area (Å²) < 4.78 is 11.0. The number of anilines is 3. The first-order valence-corrected chi connectivity index (χ1v) is 10.3. The highest BCUT2D eigenvalue weighted by Crippen LogP contribution is 2.32. The Labute approximate surface area is 185 Å². The molecule has 0 atom stereocenters. The van der Waals surface area contributed by atoms with Crippen LogP contribution < -0.4 is 20.1 Å². The van der Waals surface area contributed by atoms with E-state index in [-0.39, 0.29) is 18.4 Å². The van der Waals surface area contributed by atoms with E-state index in [2.05, 4.69) is 20.6 Å². The number of likely N-dealkylation sites (N-methyl/N-ethyl adjacent to an activating group) is 1. The SMILES string of the molecule is CCN(CC(=O)Nc1ccc2c(c1)OCCO2)C(=O)c1ccc(Nc2ncccn2)cc1. The Hall–Kier alpha value is -4.14. The van der Waals surface area contributed by atoms with Gasteiger partial charge in [-0.3, -0.25) is 9.59 Å². The molecule has 0 aliphatic carbocycles. The smallest absolute Gasteiger partial charge is 0.254 e. The first kappa shape index (κ1) is 21.1. The van der Waals surface area contributed by atoms with Gasteiger partial charge in [0.05, 0.1) is 0 Å². The van der Waals surface area contributed by atoms with Gasteiger partial charge in [0.2, 0.25) is 11.9 Å². The minimum atomic E-state index is -0.295. The standard InChI is InChI=1S/C23H23N5O4/c1-2-28(15-21(29)26-18-8-9-19-20(14-18)32-13-12-31-19)22(30)16-4-6-17(7-5-16)27-23-24-10-3-11-25-23/h3-11,14H,2,12-13,15H2,1H3,(H,26,29)(H,24,25,27). The summed E-state index contributed by atoms with van der Waals surface area (Å²) in [5.41, 5.74) is 1.83. The predicted octanol–water partition coefficient (Wildman–Crippen LogP) is 3.09. The molecule has 2 aromatic carbocycles. The summed E-state index contributed by atoms with van der Waals surface area (Å²) in [5.74, 6) is 1.18. The Morgan fingerprint density at radius 1 is 0.969 bits per heavy atom. The van der Waals surface area contributed by atoms with Crippen molar-refractivity contribution >= 4 is 29.1 Å². The number of ether oxygens (including phenoxy) is 2. The number of rotatable bonds is 7. The van der Waals surface area contributed by atoms with Gasteiger partial charge >= 0.3 is 0 Å². The van der Waals surface area contributed by atoms with Crippen LogP contribution in [0.5, 0.6) is 11.5 Å². The zero-order chi connectivity index (χ0) is 22.3. The average molecular weight is 433 g/mol. The van der Waals surface area contributed by atoms with Gasteiger partial charge in [-0.05, 0) is 49.4 Å². The summed E-state index contributed by atoms with van der Waals surface area (Å²) in [6.07, 6.45) is 3.28. The number of fused-ring (bicyclic) bond motifs is 1. The molecule has 9 nitrogen and oxygen atoms in total. The molecule has 1 aromatic heterocycles. The van der Waals surface area contributed by atoms with Gasteiger partial charge in [0.25, 0.3) is 5.91 Å². The topological polar surface area (TPSA) is 106 Å². The summed E-state index contributed by atoms with van der Waals surface area (Å²) in [7, 11) is 0. The van der Waals surface area contributed by atoms with Gasteiger partial charge < -0.3 is 25.0 Å². The van der Waals surface area contributed by atoms with Crippen LogP contribution in [-0.2, 0) is 4.79 Å². The van der Waals surface area contributed by atoms with Crippen molar-refractivity contribution in [1.29, 1.82) is 0 Å². The second kappa shape index (κ2) is 9.78. The second-order valence-corrected chi connectivity index (χ2v) is 7.00. The Kier molecular flexibility index (Phi) is 6.45. The van der Waals surface area contributed by atoms with E-state index in [0.29, 0.717) is 48.5 Å². The lowest BCUT2D eigenvalue weighted by Crippen LogP contribution is -2.37. The summed E-state index contributed by atoms with van der Waals surface area (Å²) in [5, 5.41) is 5.87. The maximum Gasteiger partial charge on any atom is 0.254 e. The maximum absolute atomic E-state index is 12.9. The summed E-state index contributed by atoms with van der Waals surface area (Å²) >= 11 is 0. The van der Waals surface area contributed by atoms with E-state index in [1.54, 1.807) is 60.9 Å². The van der Waals surface area contributed by atoms with Gasteiger partial charge in [-0.15, -0.1) is 0 Å².